The zero-order chi connectivity index (χ0) is 16.1. The van der Waals surface area contributed by atoms with Crippen LogP contribution >= 0.6 is 0 Å². The number of halogens is 1. The van der Waals surface area contributed by atoms with Gasteiger partial charge >= 0.3 is 0 Å². The van der Waals surface area contributed by atoms with E-state index in [1.165, 1.54) is 30.3 Å². The molecule has 0 unspecified atom stereocenters. The van der Waals surface area contributed by atoms with E-state index in [9.17, 15) is 14.0 Å². The Balaban J connectivity index is 2.17. The number of nitrogens with zero attached hydrogens (tertiary/aromatic N) is 1. The molecule has 22 heavy (non-hydrogen) atoms. The highest BCUT2D eigenvalue weighted by molar-refractivity contribution is 6.03. The van der Waals surface area contributed by atoms with Crippen LogP contribution in [0.3, 0.4) is 0 Å². The molecule has 1 aromatic heterocycles. The summed E-state index contributed by atoms with van der Waals surface area (Å²) in [6, 6.07) is 10.3. The van der Waals surface area contributed by atoms with Gasteiger partial charge in [0, 0.05) is 6.04 Å². The van der Waals surface area contributed by atoms with Gasteiger partial charge in [0.2, 0.25) is 0 Å². The van der Waals surface area contributed by atoms with Crippen LogP contribution < -0.4 is 10.6 Å². The number of amides is 2. The van der Waals surface area contributed by atoms with E-state index in [0.29, 0.717) is 0 Å². The number of benzene rings is 1. The Morgan fingerprint density at radius 1 is 1.00 bits per heavy atom. The van der Waals surface area contributed by atoms with Crippen molar-refractivity contribution in [2.75, 3.05) is 5.32 Å². The number of carbonyl (C=O) groups is 2. The van der Waals surface area contributed by atoms with Gasteiger partial charge in [-0.2, -0.15) is 0 Å². The molecule has 5 nitrogen and oxygen atoms in total. The van der Waals surface area contributed by atoms with Crippen molar-refractivity contribution in [3.63, 3.8) is 0 Å². The zero-order valence-corrected chi connectivity index (χ0v) is 12.3. The lowest BCUT2D eigenvalue weighted by molar-refractivity contribution is 0.0938. The highest BCUT2D eigenvalue weighted by Gasteiger charge is 2.14. The number of nitrogens with one attached hydrogen (secondary N) is 2. The molecule has 2 amide bonds. The fourth-order valence-electron chi connectivity index (χ4n) is 1.77. The van der Waals surface area contributed by atoms with E-state index in [2.05, 4.69) is 15.6 Å². The van der Waals surface area contributed by atoms with Crippen LogP contribution in [0.5, 0.6) is 0 Å². The molecule has 114 valence electrons. The number of anilines is 1. The molecule has 0 atom stereocenters. The van der Waals surface area contributed by atoms with Crippen molar-refractivity contribution < 1.29 is 14.0 Å². The van der Waals surface area contributed by atoms with Gasteiger partial charge in [0.05, 0.1) is 5.69 Å². The molecule has 1 heterocycles. The molecule has 0 aliphatic rings. The lowest BCUT2D eigenvalue weighted by Gasteiger charge is -2.09. The average Bonchev–Trinajstić information content (AvgIpc) is 2.49. The van der Waals surface area contributed by atoms with Gasteiger partial charge in [0.25, 0.3) is 11.8 Å². The van der Waals surface area contributed by atoms with Gasteiger partial charge in [-0.25, -0.2) is 9.37 Å². The molecule has 6 heteroatoms. The Morgan fingerprint density at radius 2 is 1.64 bits per heavy atom. The van der Waals surface area contributed by atoms with Crippen molar-refractivity contribution in [2.45, 2.75) is 19.9 Å². The van der Waals surface area contributed by atoms with E-state index in [1.54, 1.807) is 12.1 Å². The molecular formula is C16H16FN3O2. The zero-order valence-electron chi connectivity index (χ0n) is 12.3. The molecule has 2 rings (SSSR count). The number of carbonyl (C=O) groups excluding carboxylic acids is 2. The minimum Gasteiger partial charge on any atom is -0.349 e. The lowest BCUT2D eigenvalue weighted by Crippen LogP contribution is -2.31. The van der Waals surface area contributed by atoms with Crippen molar-refractivity contribution in [3.8, 4) is 0 Å². The van der Waals surface area contributed by atoms with Crippen molar-refractivity contribution in [2.24, 2.45) is 0 Å². The molecule has 0 fully saturated rings. The molecule has 0 spiro atoms. The molecule has 0 aliphatic heterocycles. The molecule has 2 aromatic rings. The second-order valence-electron chi connectivity index (χ2n) is 4.97. The largest absolute Gasteiger partial charge is 0.349 e. The Morgan fingerprint density at radius 3 is 2.27 bits per heavy atom. The molecule has 0 radical (unpaired) electrons. The van der Waals surface area contributed by atoms with Gasteiger partial charge < -0.3 is 10.6 Å². The van der Waals surface area contributed by atoms with E-state index in [0.717, 1.165) is 0 Å². The van der Waals surface area contributed by atoms with Crippen LogP contribution in [-0.4, -0.2) is 22.8 Å². The molecule has 0 bridgehead atoms. The monoisotopic (exact) mass is 301 g/mol. The van der Waals surface area contributed by atoms with Crippen LogP contribution in [0.2, 0.25) is 0 Å². The minimum absolute atomic E-state index is 0.0369. The summed E-state index contributed by atoms with van der Waals surface area (Å²) in [6.45, 7) is 3.65. The Kier molecular flexibility index (Phi) is 4.83. The molecular weight excluding hydrogens is 285 g/mol. The summed E-state index contributed by atoms with van der Waals surface area (Å²) in [5, 5.41) is 5.12. The first-order chi connectivity index (χ1) is 10.5. The molecule has 0 saturated heterocycles. The maximum Gasteiger partial charge on any atom is 0.274 e. The Bertz CT molecular complexity index is 701. The fraction of sp³-hybridized carbons (Fsp3) is 0.188. The number of para-hydroxylation sites is 1. The van der Waals surface area contributed by atoms with E-state index < -0.39 is 11.7 Å². The SMILES string of the molecule is CC(C)NC(=O)c1cccc(C(=O)Nc2ccccc2F)n1. The van der Waals surface area contributed by atoms with Crippen molar-refractivity contribution >= 4 is 17.5 Å². The summed E-state index contributed by atoms with van der Waals surface area (Å²) >= 11 is 0. The van der Waals surface area contributed by atoms with E-state index in [4.69, 9.17) is 0 Å². The van der Waals surface area contributed by atoms with E-state index >= 15 is 0 Å². The van der Waals surface area contributed by atoms with E-state index in [1.807, 2.05) is 13.8 Å². The van der Waals surface area contributed by atoms with Gasteiger partial charge in [0.15, 0.2) is 0 Å². The third-order valence-corrected chi connectivity index (χ3v) is 2.76. The average molecular weight is 301 g/mol. The highest BCUT2D eigenvalue weighted by Crippen LogP contribution is 2.13. The second kappa shape index (κ2) is 6.80. The number of hydrogen-bond acceptors (Lipinski definition) is 3. The quantitative estimate of drug-likeness (QED) is 0.912. The molecule has 1 aromatic carbocycles. The molecule has 0 aliphatic carbocycles. The predicted molar refractivity (Wildman–Crippen MR) is 81.2 cm³/mol. The van der Waals surface area contributed by atoms with Gasteiger partial charge in [-0.15, -0.1) is 0 Å². The first kappa shape index (κ1) is 15.6. The van der Waals surface area contributed by atoms with Gasteiger partial charge in [-0.3, -0.25) is 9.59 Å². The van der Waals surface area contributed by atoms with E-state index in [-0.39, 0.29) is 29.0 Å². The summed E-state index contributed by atoms with van der Waals surface area (Å²) < 4.78 is 13.5. The molecule has 0 saturated carbocycles. The number of rotatable bonds is 4. The first-order valence-corrected chi connectivity index (χ1v) is 6.81. The summed E-state index contributed by atoms with van der Waals surface area (Å²) in [6.07, 6.45) is 0. The molecule has 2 N–H and O–H groups in total. The third kappa shape index (κ3) is 3.88. The third-order valence-electron chi connectivity index (χ3n) is 2.76. The van der Waals surface area contributed by atoms with Crippen LogP contribution in [-0.2, 0) is 0 Å². The topological polar surface area (TPSA) is 71.1 Å². The predicted octanol–water partition coefficient (Wildman–Crippen LogP) is 2.61. The van der Waals surface area contributed by atoms with Gasteiger partial charge in [-0.1, -0.05) is 18.2 Å². The standard InChI is InChI=1S/C16H16FN3O2/c1-10(2)18-15(21)13-8-5-9-14(19-13)16(22)20-12-7-4-3-6-11(12)17/h3-10H,1-2H3,(H,18,21)(H,20,22). The Hall–Kier alpha value is -2.76. The van der Waals surface area contributed by atoms with Crippen LogP contribution in [0.1, 0.15) is 34.8 Å². The lowest BCUT2D eigenvalue weighted by atomic mass is 10.2. The maximum atomic E-state index is 13.5. The van der Waals surface area contributed by atoms with Crippen molar-refractivity contribution in [1.29, 1.82) is 0 Å². The highest BCUT2D eigenvalue weighted by atomic mass is 19.1. The van der Waals surface area contributed by atoms with Crippen LogP contribution in [0.15, 0.2) is 42.5 Å². The van der Waals surface area contributed by atoms with Crippen molar-refractivity contribution in [3.05, 3.63) is 59.7 Å². The van der Waals surface area contributed by atoms with Crippen LogP contribution in [0, 0.1) is 5.82 Å². The van der Waals surface area contributed by atoms with Crippen molar-refractivity contribution in [1.82, 2.24) is 10.3 Å². The number of hydrogen-bond donors (Lipinski definition) is 2. The smallest absolute Gasteiger partial charge is 0.274 e. The second-order valence-corrected chi connectivity index (χ2v) is 4.97. The summed E-state index contributed by atoms with van der Waals surface area (Å²) in [4.78, 5) is 28.0. The van der Waals surface area contributed by atoms with Gasteiger partial charge in [0.1, 0.15) is 17.2 Å². The maximum absolute atomic E-state index is 13.5. The first-order valence-electron chi connectivity index (χ1n) is 6.81. The summed E-state index contributed by atoms with van der Waals surface area (Å²) in [5.74, 6) is -1.48. The summed E-state index contributed by atoms with van der Waals surface area (Å²) in [5.41, 5.74) is 0.237. The number of aromatic nitrogens is 1. The Labute approximate surface area is 127 Å². The number of pyridine rings is 1. The summed E-state index contributed by atoms with van der Waals surface area (Å²) in [7, 11) is 0. The minimum atomic E-state index is -0.579. The van der Waals surface area contributed by atoms with Gasteiger partial charge in [-0.05, 0) is 38.1 Å². The van der Waals surface area contributed by atoms with Crippen LogP contribution in [0.25, 0.3) is 0 Å². The normalized spacial score (nSPS) is 10.4. The van der Waals surface area contributed by atoms with Crippen LogP contribution in [0.4, 0.5) is 10.1 Å². The fourth-order valence-corrected chi connectivity index (χ4v) is 1.77.